The largest absolute Gasteiger partial charge is 0.496 e. The van der Waals surface area contributed by atoms with Crippen LogP contribution in [0.25, 0.3) is 22.0 Å². The standard InChI is InChI=1S/C18H12ClF3N2O3/c1-27-15-5-3-10(19)7-12(15)16-11-6-9(18(20,21)22)2-4-14(11)24-17(25)13(16)8-23-26/h2-8,26H,1H3,(H,24,25)/b23-8+. The molecule has 0 saturated heterocycles. The number of alkyl halides is 3. The summed E-state index contributed by atoms with van der Waals surface area (Å²) in [6, 6.07) is 7.48. The van der Waals surface area contributed by atoms with Gasteiger partial charge in [0.25, 0.3) is 5.56 Å². The van der Waals surface area contributed by atoms with Crippen LogP contribution in [0.3, 0.4) is 0 Å². The molecular weight excluding hydrogens is 385 g/mol. The third kappa shape index (κ3) is 3.48. The summed E-state index contributed by atoms with van der Waals surface area (Å²) in [5.41, 5.74) is -1.09. The second kappa shape index (κ2) is 6.96. The lowest BCUT2D eigenvalue weighted by Crippen LogP contribution is -2.15. The maximum Gasteiger partial charge on any atom is 0.416 e. The normalized spacial score (nSPS) is 12.0. The first-order chi connectivity index (χ1) is 12.8. The van der Waals surface area contributed by atoms with Crippen molar-refractivity contribution in [3.8, 4) is 16.9 Å². The van der Waals surface area contributed by atoms with Crippen LogP contribution in [0.1, 0.15) is 11.1 Å². The molecule has 140 valence electrons. The number of pyridine rings is 1. The van der Waals surface area contributed by atoms with Crippen LogP contribution in [-0.4, -0.2) is 23.5 Å². The van der Waals surface area contributed by atoms with Crippen molar-refractivity contribution in [2.24, 2.45) is 5.16 Å². The van der Waals surface area contributed by atoms with Crippen LogP contribution >= 0.6 is 11.6 Å². The van der Waals surface area contributed by atoms with Gasteiger partial charge in [-0.15, -0.1) is 0 Å². The Bertz CT molecular complexity index is 1110. The quantitative estimate of drug-likeness (QED) is 0.383. The van der Waals surface area contributed by atoms with Crippen LogP contribution in [0.5, 0.6) is 5.75 Å². The number of benzene rings is 2. The third-order valence-corrected chi connectivity index (χ3v) is 4.23. The minimum atomic E-state index is -4.58. The third-order valence-electron chi connectivity index (χ3n) is 4.00. The van der Waals surface area contributed by atoms with Crippen molar-refractivity contribution >= 4 is 28.7 Å². The van der Waals surface area contributed by atoms with E-state index in [1.165, 1.54) is 25.3 Å². The molecule has 2 N–H and O–H groups in total. The number of nitrogens with zero attached hydrogens (tertiary/aromatic N) is 1. The van der Waals surface area contributed by atoms with E-state index in [0.717, 1.165) is 18.3 Å². The molecule has 2 aromatic carbocycles. The molecule has 0 atom stereocenters. The van der Waals surface area contributed by atoms with Gasteiger partial charge in [0.1, 0.15) is 5.75 Å². The minimum Gasteiger partial charge on any atom is -0.496 e. The molecule has 3 aromatic rings. The average molecular weight is 397 g/mol. The Morgan fingerprint density at radius 2 is 1.96 bits per heavy atom. The van der Waals surface area contributed by atoms with Crippen LogP contribution in [-0.2, 0) is 6.18 Å². The predicted octanol–water partition coefficient (Wildman–Crippen LogP) is 4.68. The van der Waals surface area contributed by atoms with Crippen molar-refractivity contribution in [1.29, 1.82) is 0 Å². The van der Waals surface area contributed by atoms with Crippen LogP contribution in [0.4, 0.5) is 13.2 Å². The zero-order valence-corrected chi connectivity index (χ0v) is 14.5. The van der Waals surface area contributed by atoms with Gasteiger partial charge in [-0.25, -0.2) is 0 Å². The number of halogens is 4. The maximum atomic E-state index is 13.2. The second-order valence-electron chi connectivity index (χ2n) is 5.59. The first kappa shape index (κ1) is 18.8. The van der Waals surface area contributed by atoms with Crippen LogP contribution in [0.15, 0.2) is 46.3 Å². The maximum absolute atomic E-state index is 13.2. The van der Waals surface area contributed by atoms with Crippen LogP contribution < -0.4 is 10.3 Å². The highest BCUT2D eigenvalue weighted by Gasteiger charge is 2.31. The lowest BCUT2D eigenvalue weighted by Gasteiger charge is -2.15. The van der Waals surface area contributed by atoms with Crippen molar-refractivity contribution in [3.63, 3.8) is 0 Å². The first-order valence-corrected chi connectivity index (χ1v) is 7.92. The van der Waals surface area contributed by atoms with Gasteiger partial charge < -0.3 is 14.9 Å². The summed E-state index contributed by atoms with van der Waals surface area (Å²) < 4.78 is 44.9. The predicted molar refractivity (Wildman–Crippen MR) is 95.9 cm³/mol. The molecule has 0 unspecified atom stereocenters. The molecular formula is C18H12ClF3N2O3. The number of hydrogen-bond acceptors (Lipinski definition) is 4. The SMILES string of the molecule is COc1ccc(Cl)cc1-c1c(/C=N/O)c(=O)[nH]c2ccc(C(F)(F)F)cc12. The molecule has 27 heavy (non-hydrogen) atoms. The lowest BCUT2D eigenvalue weighted by molar-refractivity contribution is -0.137. The molecule has 0 fully saturated rings. The fourth-order valence-electron chi connectivity index (χ4n) is 2.83. The minimum absolute atomic E-state index is 0.0971. The van der Waals surface area contributed by atoms with Gasteiger partial charge in [0.05, 0.1) is 24.5 Å². The summed E-state index contributed by atoms with van der Waals surface area (Å²) in [4.78, 5) is 14.9. The van der Waals surface area contributed by atoms with Crippen molar-refractivity contribution in [1.82, 2.24) is 4.98 Å². The Balaban J connectivity index is 2.52. The fraction of sp³-hybridized carbons (Fsp3) is 0.111. The number of ether oxygens (including phenoxy) is 1. The molecule has 0 bridgehead atoms. The summed E-state index contributed by atoms with van der Waals surface area (Å²) in [7, 11) is 1.38. The Labute approximate surface area is 155 Å². The zero-order chi connectivity index (χ0) is 19.8. The molecule has 0 aliphatic carbocycles. The average Bonchev–Trinajstić information content (AvgIpc) is 2.61. The number of aromatic nitrogens is 1. The molecule has 0 amide bonds. The van der Waals surface area contributed by atoms with Crippen molar-refractivity contribution < 1.29 is 23.1 Å². The second-order valence-corrected chi connectivity index (χ2v) is 6.03. The Morgan fingerprint density at radius 3 is 2.59 bits per heavy atom. The summed E-state index contributed by atoms with van der Waals surface area (Å²) in [6.07, 6.45) is -3.72. The first-order valence-electron chi connectivity index (χ1n) is 7.55. The zero-order valence-electron chi connectivity index (χ0n) is 13.8. The van der Waals surface area contributed by atoms with E-state index in [9.17, 15) is 18.0 Å². The van der Waals surface area contributed by atoms with E-state index in [0.29, 0.717) is 0 Å². The summed E-state index contributed by atoms with van der Waals surface area (Å²) in [5, 5.41) is 12.2. The van der Waals surface area contributed by atoms with Crippen molar-refractivity contribution in [3.05, 3.63) is 62.9 Å². The van der Waals surface area contributed by atoms with Gasteiger partial charge in [0, 0.05) is 27.1 Å². The van der Waals surface area contributed by atoms with Crippen molar-refractivity contribution in [2.45, 2.75) is 6.18 Å². The molecule has 3 rings (SSSR count). The van der Waals surface area contributed by atoms with Gasteiger partial charge in [0.15, 0.2) is 0 Å². The Hall–Kier alpha value is -3.00. The van der Waals surface area contributed by atoms with E-state index < -0.39 is 17.3 Å². The van der Waals surface area contributed by atoms with Crippen LogP contribution in [0, 0.1) is 0 Å². The van der Waals surface area contributed by atoms with E-state index in [1.807, 2.05) is 0 Å². The molecule has 0 aliphatic heterocycles. The van der Waals surface area contributed by atoms with Gasteiger partial charge in [-0.05, 0) is 36.4 Å². The number of hydrogen-bond donors (Lipinski definition) is 2. The molecule has 0 aliphatic rings. The smallest absolute Gasteiger partial charge is 0.416 e. The molecule has 0 spiro atoms. The topological polar surface area (TPSA) is 74.7 Å². The van der Waals surface area contributed by atoms with E-state index in [4.69, 9.17) is 21.5 Å². The molecule has 0 saturated carbocycles. The number of H-pyrrole nitrogens is 1. The van der Waals surface area contributed by atoms with Gasteiger partial charge in [-0.3, -0.25) is 4.79 Å². The van der Waals surface area contributed by atoms with E-state index in [-0.39, 0.29) is 38.4 Å². The Morgan fingerprint density at radius 1 is 1.22 bits per heavy atom. The monoisotopic (exact) mass is 396 g/mol. The lowest BCUT2D eigenvalue weighted by atomic mass is 9.94. The highest BCUT2D eigenvalue weighted by Crippen LogP contribution is 2.39. The van der Waals surface area contributed by atoms with Gasteiger partial charge in [-0.1, -0.05) is 16.8 Å². The van der Waals surface area contributed by atoms with E-state index in [2.05, 4.69) is 10.1 Å². The molecule has 5 nitrogen and oxygen atoms in total. The number of nitrogens with one attached hydrogen (secondary N) is 1. The Kier molecular flexibility index (Phi) is 4.84. The number of aromatic amines is 1. The van der Waals surface area contributed by atoms with E-state index in [1.54, 1.807) is 6.07 Å². The molecule has 0 radical (unpaired) electrons. The highest BCUT2D eigenvalue weighted by atomic mass is 35.5. The van der Waals surface area contributed by atoms with Gasteiger partial charge >= 0.3 is 6.18 Å². The number of oxime groups is 1. The molecule has 9 heteroatoms. The number of rotatable bonds is 3. The summed E-state index contributed by atoms with van der Waals surface area (Å²) in [5.74, 6) is 0.288. The number of methoxy groups -OCH3 is 1. The van der Waals surface area contributed by atoms with Crippen LogP contribution in [0.2, 0.25) is 5.02 Å². The van der Waals surface area contributed by atoms with Gasteiger partial charge in [-0.2, -0.15) is 13.2 Å². The summed E-state index contributed by atoms with van der Waals surface area (Å²) >= 11 is 6.04. The van der Waals surface area contributed by atoms with Gasteiger partial charge in [0.2, 0.25) is 0 Å². The van der Waals surface area contributed by atoms with Crippen molar-refractivity contribution in [2.75, 3.05) is 7.11 Å². The van der Waals surface area contributed by atoms with E-state index >= 15 is 0 Å². The summed E-state index contributed by atoms with van der Waals surface area (Å²) in [6.45, 7) is 0. The fourth-order valence-corrected chi connectivity index (χ4v) is 3.00. The number of fused-ring (bicyclic) bond motifs is 1. The molecule has 1 aromatic heterocycles. The molecule has 1 heterocycles. The highest BCUT2D eigenvalue weighted by molar-refractivity contribution is 6.31.